The Labute approximate surface area is 117 Å². The minimum atomic E-state index is 0.179. The van der Waals surface area contributed by atoms with Crippen LogP contribution in [-0.4, -0.2) is 49.6 Å². The summed E-state index contributed by atoms with van der Waals surface area (Å²) in [5.74, 6) is 0.805. The third-order valence-corrected chi connectivity index (χ3v) is 4.60. The molecule has 110 valence electrons. The van der Waals surface area contributed by atoms with Crippen LogP contribution in [0.1, 0.15) is 45.4 Å². The van der Waals surface area contributed by atoms with Gasteiger partial charge in [-0.1, -0.05) is 26.2 Å². The van der Waals surface area contributed by atoms with Crippen molar-refractivity contribution in [2.75, 3.05) is 26.7 Å². The fourth-order valence-electron chi connectivity index (χ4n) is 3.41. The van der Waals surface area contributed by atoms with Gasteiger partial charge in [0, 0.05) is 18.6 Å². The van der Waals surface area contributed by atoms with Gasteiger partial charge >= 0.3 is 0 Å². The summed E-state index contributed by atoms with van der Waals surface area (Å²) in [6.45, 7) is 5.01. The van der Waals surface area contributed by atoms with E-state index in [1.807, 2.05) is 0 Å². The number of rotatable bonds is 4. The Morgan fingerprint density at radius 3 is 2.63 bits per heavy atom. The number of amides is 1. The van der Waals surface area contributed by atoms with Crippen LogP contribution in [0.2, 0.25) is 0 Å². The van der Waals surface area contributed by atoms with Crippen molar-refractivity contribution in [2.45, 2.75) is 57.5 Å². The van der Waals surface area contributed by atoms with Crippen molar-refractivity contribution in [1.29, 1.82) is 0 Å². The lowest BCUT2D eigenvalue weighted by molar-refractivity contribution is -0.121. The lowest BCUT2D eigenvalue weighted by atomic mass is 9.94. The fourth-order valence-corrected chi connectivity index (χ4v) is 3.41. The second-order valence-corrected chi connectivity index (χ2v) is 6.42. The van der Waals surface area contributed by atoms with E-state index in [-0.39, 0.29) is 5.91 Å². The maximum atomic E-state index is 11.9. The van der Waals surface area contributed by atoms with E-state index in [0.29, 0.717) is 24.5 Å². The van der Waals surface area contributed by atoms with E-state index >= 15 is 0 Å². The van der Waals surface area contributed by atoms with Crippen LogP contribution in [0.3, 0.4) is 0 Å². The average molecular weight is 267 g/mol. The van der Waals surface area contributed by atoms with E-state index in [4.69, 9.17) is 0 Å². The topological polar surface area (TPSA) is 44.4 Å². The largest absolute Gasteiger partial charge is 0.352 e. The molecule has 0 aromatic heterocycles. The molecule has 0 spiro atoms. The highest BCUT2D eigenvalue weighted by Gasteiger charge is 2.24. The predicted octanol–water partition coefficient (Wildman–Crippen LogP) is 1.37. The molecule has 2 rings (SSSR count). The van der Waals surface area contributed by atoms with Crippen LogP contribution in [0, 0.1) is 5.92 Å². The van der Waals surface area contributed by atoms with E-state index in [1.165, 1.54) is 19.3 Å². The van der Waals surface area contributed by atoms with Crippen LogP contribution in [-0.2, 0) is 4.79 Å². The molecule has 2 N–H and O–H groups in total. The van der Waals surface area contributed by atoms with E-state index in [0.717, 1.165) is 32.4 Å². The Hall–Kier alpha value is -0.610. The molecule has 1 amide bonds. The molecule has 1 saturated carbocycles. The standard InChI is InChI=1S/C15H29N3O/c1-12-11-18(2)9-8-14(12)16-10-15(19)17-13-6-4-3-5-7-13/h12-14,16H,3-11H2,1-2H3,(H,17,19). The van der Waals surface area contributed by atoms with Crippen molar-refractivity contribution in [1.82, 2.24) is 15.5 Å². The normalized spacial score (nSPS) is 30.2. The molecular formula is C15H29N3O. The summed E-state index contributed by atoms with van der Waals surface area (Å²) >= 11 is 0. The van der Waals surface area contributed by atoms with Crippen molar-refractivity contribution in [3.63, 3.8) is 0 Å². The Bertz CT molecular complexity index is 289. The first-order valence-electron chi connectivity index (χ1n) is 7.86. The number of nitrogens with one attached hydrogen (secondary N) is 2. The van der Waals surface area contributed by atoms with Gasteiger partial charge in [0.2, 0.25) is 5.91 Å². The molecule has 2 fully saturated rings. The number of piperidine rings is 1. The van der Waals surface area contributed by atoms with Crippen molar-refractivity contribution >= 4 is 5.91 Å². The highest BCUT2D eigenvalue weighted by atomic mass is 16.2. The summed E-state index contributed by atoms with van der Waals surface area (Å²) in [6, 6.07) is 0.922. The van der Waals surface area contributed by atoms with Crippen molar-refractivity contribution in [3.05, 3.63) is 0 Å². The van der Waals surface area contributed by atoms with Crippen LogP contribution in [0.15, 0.2) is 0 Å². The minimum absolute atomic E-state index is 0.179. The first kappa shape index (κ1) is 14.8. The van der Waals surface area contributed by atoms with E-state index in [9.17, 15) is 4.79 Å². The monoisotopic (exact) mass is 267 g/mol. The molecule has 1 aliphatic heterocycles. The van der Waals surface area contributed by atoms with Crippen LogP contribution in [0.25, 0.3) is 0 Å². The first-order valence-corrected chi connectivity index (χ1v) is 7.86. The lowest BCUT2D eigenvalue weighted by Crippen LogP contribution is -2.50. The summed E-state index contributed by atoms with van der Waals surface area (Å²) in [4.78, 5) is 14.3. The maximum absolute atomic E-state index is 11.9. The summed E-state index contributed by atoms with van der Waals surface area (Å²) in [6.07, 6.45) is 7.34. The second kappa shape index (κ2) is 7.25. The molecule has 2 aliphatic rings. The third kappa shape index (κ3) is 4.77. The average Bonchev–Trinajstić information content (AvgIpc) is 2.39. The van der Waals surface area contributed by atoms with Gasteiger partial charge in [0.1, 0.15) is 0 Å². The molecule has 0 radical (unpaired) electrons. The van der Waals surface area contributed by atoms with Crippen molar-refractivity contribution in [2.24, 2.45) is 5.92 Å². The summed E-state index contributed by atoms with van der Waals surface area (Å²) < 4.78 is 0. The highest BCUT2D eigenvalue weighted by Crippen LogP contribution is 2.17. The first-order chi connectivity index (χ1) is 9.15. The molecule has 1 aliphatic carbocycles. The van der Waals surface area contributed by atoms with Crippen LogP contribution < -0.4 is 10.6 Å². The zero-order valence-corrected chi connectivity index (χ0v) is 12.5. The summed E-state index contributed by atoms with van der Waals surface area (Å²) in [5.41, 5.74) is 0. The number of hydrogen-bond acceptors (Lipinski definition) is 3. The summed E-state index contributed by atoms with van der Waals surface area (Å²) in [5, 5.41) is 6.61. The van der Waals surface area contributed by atoms with Gasteiger partial charge in [0.15, 0.2) is 0 Å². The zero-order chi connectivity index (χ0) is 13.7. The van der Waals surface area contributed by atoms with Gasteiger partial charge in [-0.3, -0.25) is 4.79 Å². The highest BCUT2D eigenvalue weighted by molar-refractivity contribution is 5.78. The SMILES string of the molecule is CC1CN(C)CCC1NCC(=O)NC1CCCCC1. The van der Waals surface area contributed by atoms with Gasteiger partial charge in [-0.25, -0.2) is 0 Å². The molecule has 4 heteroatoms. The minimum Gasteiger partial charge on any atom is -0.352 e. The van der Waals surface area contributed by atoms with Gasteiger partial charge in [-0.15, -0.1) is 0 Å². The van der Waals surface area contributed by atoms with E-state index in [1.54, 1.807) is 0 Å². The molecule has 2 unspecified atom stereocenters. The molecule has 0 aromatic rings. The van der Waals surface area contributed by atoms with Crippen LogP contribution >= 0.6 is 0 Å². The van der Waals surface area contributed by atoms with Crippen LogP contribution in [0.5, 0.6) is 0 Å². The van der Waals surface area contributed by atoms with Gasteiger partial charge in [0.25, 0.3) is 0 Å². The molecule has 2 atom stereocenters. The Morgan fingerprint density at radius 2 is 1.95 bits per heavy atom. The lowest BCUT2D eigenvalue weighted by Gasteiger charge is -2.35. The van der Waals surface area contributed by atoms with Crippen molar-refractivity contribution < 1.29 is 4.79 Å². The number of likely N-dealkylation sites (tertiary alicyclic amines) is 1. The predicted molar refractivity (Wildman–Crippen MR) is 78.1 cm³/mol. The van der Waals surface area contributed by atoms with E-state index < -0.39 is 0 Å². The van der Waals surface area contributed by atoms with Gasteiger partial charge in [-0.2, -0.15) is 0 Å². The summed E-state index contributed by atoms with van der Waals surface area (Å²) in [7, 11) is 2.17. The number of nitrogens with zero attached hydrogens (tertiary/aromatic N) is 1. The van der Waals surface area contributed by atoms with Gasteiger partial charge < -0.3 is 15.5 Å². The Morgan fingerprint density at radius 1 is 1.21 bits per heavy atom. The maximum Gasteiger partial charge on any atom is 0.234 e. The molecule has 0 aromatic carbocycles. The Balaban J connectivity index is 1.65. The molecule has 4 nitrogen and oxygen atoms in total. The number of carbonyl (C=O) groups is 1. The molecule has 1 heterocycles. The van der Waals surface area contributed by atoms with Crippen LogP contribution in [0.4, 0.5) is 0 Å². The fraction of sp³-hybridized carbons (Fsp3) is 0.933. The smallest absolute Gasteiger partial charge is 0.234 e. The quantitative estimate of drug-likeness (QED) is 0.808. The van der Waals surface area contributed by atoms with Gasteiger partial charge in [-0.05, 0) is 38.8 Å². The van der Waals surface area contributed by atoms with Gasteiger partial charge in [0.05, 0.1) is 6.54 Å². The molecular weight excluding hydrogens is 238 g/mol. The number of hydrogen-bond donors (Lipinski definition) is 2. The number of carbonyl (C=O) groups excluding carboxylic acids is 1. The third-order valence-electron chi connectivity index (χ3n) is 4.60. The van der Waals surface area contributed by atoms with E-state index in [2.05, 4.69) is 29.5 Å². The second-order valence-electron chi connectivity index (χ2n) is 6.42. The van der Waals surface area contributed by atoms with Crippen molar-refractivity contribution in [3.8, 4) is 0 Å². The molecule has 0 bridgehead atoms. The zero-order valence-electron chi connectivity index (χ0n) is 12.5. The molecule has 1 saturated heterocycles. The molecule has 19 heavy (non-hydrogen) atoms. The Kier molecular flexibility index (Phi) is 5.64.